The van der Waals surface area contributed by atoms with Crippen molar-refractivity contribution in [2.45, 2.75) is 25.8 Å². The van der Waals surface area contributed by atoms with Crippen molar-refractivity contribution in [1.82, 2.24) is 20.8 Å². The molecule has 1 amide bonds. The predicted molar refractivity (Wildman–Crippen MR) is 63.9 cm³/mol. The third kappa shape index (κ3) is 2.96. The van der Waals surface area contributed by atoms with Crippen LogP contribution in [0.1, 0.15) is 28.9 Å². The van der Waals surface area contributed by atoms with E-state index in [1.165, 1.54) is 0 Å². The zero-order valence-corrected chi connectivity index (χ0v) is 10.1. The van der Waals surface area contributed by atoms with Gasteiger partial charge in [-0.15, -0.1) is 12.4 Å². The first-order valence-corrected chi connectivity index (χ1v) is 5.29. The highest BCUT2D eigenvalue weighted by atomic mass is 35.5. The number of halogens is 1. The summed E-state index contributed by atoms with van der Waals surface area (Å²) in [6, 6.07) is 0.251. The molecule has 16 heavy (non-hydrogen) atoms. The number of hydrogen-bond acceptors (Lipinski definition) is 3. The number of H-pyrrole nitrogens is 1. The molecule has 0 aliphatic carbocycles. The number of aromatic amines is 1. The fraction of sp³-hybridized carbons (Fsp3) is 0.600. The first-order chi connectivity index (χ1) is 7.27. The monoisotopic (exact) mass is 244 g/mol. The van der Waals surface area contributed by atoms with E-state index in [4.69, 9.17) is 0 Å². The van der Waals surface area contributed by atoms with Crippen LogP contribution in [0.25, 0.3) is 0 Å². The van der Waals surface area contributed by atoms with Crippen molar-refractivity contribution in [3.05, 3.63) is 17.5 Å². The topological polar surface area (TPSA) is 69.8 Å². The summed E-state index contributed by atoms with van der Waals surface area (Å²) in [4.78, 5) is 11.8. The summed E-state index contributed by atoms with van der Waals surface area (Å²) in [5, 5.41) is 12.9. The predicted octanol–water partition coefficient (Wildman–Crippen LogP) is 0.622. The maximum atomic E-state index is 11.8. The average molecular weight is 245 g/mol. The second kappa shape index (κ2) is 5.86. The van der Waals surface area contributed by atoms with Crippen molar-refractivity contribution in [1.29, 1.82) is 0 Å². The molecule has 0 spiro atoms. The number of aryl methyl sites for hydroxylation is 1. The van der Waals surface area contributed by atoms with Gasteiger partial charge in [0.2, 0.25) is 0 Å². The summed E-state index contributed by atoms with van der Waals surface area (Å²) in [5.41, 5.74) is 1.46. The van der Waals surface area contributed by atoms with Crippen LogP contribution in [0.3, 0.4) is 0 Å². The van der Waals surface area contributed by atoms with Gasteiger partial charge in [0.05, 0.1) is 11.8 Å². The molecule has 1 aliphatic heterocycles. The van der Waals surface area contributed by atoms with Crippen LogP contribution in [-0.4, -0.2) is 35.2 Å². The molecule has 2 rings (SSSR count). The van der Waals surface area contributed by atoms with E-state index in [0.29, 0.717) is 5.56 Å². The molecule has 90 valence electrons. The summed E-state index contributed by atoms with van der Waals surface area (Å²) in [6.45, 7) is 3.76. The molecule has 0 bridgehead atoms. The molecule has 1 aromatic heterocycles. The number of hydrogen-bond donors (Lipinski definition) is 3. The maximum Gasteiger partial charge on any atom is 0.254 e. The summed E-state index contributed by atoms with van der Waals surface area (Å²) in [7, 11) is 0. The minimum atomic E-state index is -0.0325. The Morgan fingerprint density at radius 1 is 1.62 bits per heavy atom. The van der Waals surface area contributed by atoms with Gasteiger partial charge in [0.15, 0.2) is 0 Å². The largest absolute Gasteiger partial charge is 0.348 e. The quantitative estimate of drug-likeness (QED) is 0.715. The number of nitrogens with zero attached hydrogens (tertiary/aromatic N) is 1. The van der Waals surface area contributed by atoms with Crippen molar-refractivity contribution < 1.29 is 4.79 Å². The Hall–Kier alpha value is -1.07. The van der Waals surface area contributed by atoms with Crippen LogP contribution >= 0.6 is 12.4 Å². The molecule has 0 saturated carbocycles. The third-order valence-electron chi connectivity index (χ3n) is 2.71. The molecule has 6 heteroatoms. The number of carbonyl (C=O) groups excluding carboxylic acids is 1. The molecule has 0 aromatic carbocycles. The van der Waals surface area contributed by atoms with Gasteiger partial charge in [0.25, 0.3) is 5.91 Å². The van der Waals surface area contributed by atoms with E-state index >= 15 is 0 Å². The van der Waals surface area contributed by atoms with Crippen LogP contribution in [0.2, 0.25) is 0 Å². The minimum absolute atomic E-state index is 0. The number of rotatable bonds is 2. The normalized spacial score (nSPS) is 19.9. The van der Waals surface area contributed by atoms with Crippen LogP contribution in [0.15, 0.2) is 6.20 Å². The number of carbonyl (C=O) groups is 1. The van der Waals surface area contributed by atoms with Crippen molar-refractivity contribution in [3.8, 4) is 0 Å². The van der Waals surface area contributed by atoms with Gasteiger partial charge < -0.3 is 10.6 Å². The lowest BCUT2D eigenvalue weighted by Gasteiger charge is -2.23. The van der Waals surface area contributed by atoms with E-state index in [-0.39, 0.29) is 24.4 Å². The standard InChI is InChI=1S/C10H16N4O.ClH/c1-7-9(6-12-14-7)10(15)13-8-3-2-4-11-5-8;/h6,8,11H,2-5H2,1H3,(H,12,14)(H,13,15);1H/t8-;/m0./s1. The molecule has 1 aliphatic rings. The lowest BCUT2D eigenvalue weighted by atomic mass is 10.1. The first kappa shape index (κ1) is 13.0. The maximum absolute atomic E-state index is 11.8. The van der Waals surface area contributed by atoms with Crippen molar-refractivity contribution >= 4 is 18.3 Å². The molecular formula is C10H17ClN4O. The molecule has 0 radical (unpaired) electrons. The summed E-state index contributed by atoms with van der Waals surface area (Å²) in [6.07, 6.45) is 3.74. The van der Waals surface area contributed by atoms with E-state index < -0.39 is 0 Å². The number of amides is 1. The molecule has 3 N–H and O–H groups in total. The van der Waals surface area contributed by atoms with Gasteiger partial charge in [-0.05, 0) is 26.3 Å². The van der Waals surface area contributed by atoms with E-state index in [2.05, 4.69) is 20.8 Å². The van der Waals surface area contributed by atoms with Gasteiger partial charge in [-0.3, -0.25) is 9.89 Å². The number of nitrogens with one attached hydrogen (secondary N) is 3. The van der Waals surface area contributed by atoms with Gasteiger partial charge >= 0.3 is 0 Å². The average Bonchev–Trinajstić information content (AvgIpc) is 2.66. The van der Waals surface area contributed by atoms with Crippen molar-refractivity contribution in [2.24, 2.45) is 0 Å². The molecule has 2 heterocycles. The second-order valence-corrected chi connectivity index (χ2v) is 3.93. The molecule has 1 saturated heterocycles. The highest BCUT2D eigenvalue weighted by Crippen LogP contribution is 2.06. The molecule has 1 fully saturated rings. The smallest absolute Gasteiger partial charge is 0.254 e. The zero-order chi connectivity index (χ0) is 10.7. The van der Waals surface area contributed by atoms with Crippen LogP contribution in [0.5, 0.6) is 0 Å². The van der Waals surface area contributed by atoms with Gasteiger partial charge in [-0.25, -0.2) is 0 Å². The molecule has 0 unspecified atom stereocenters. The van der Waals surface area contributed by atoms with Crippen LogP contribution in [0, 0.1) is 6.92 Å². The second-order valence-electron chi connectivity index (χ2n) is 3.93. The van der Waals surface area contributed by atoms with Gasteiger partial charge in [-0.2, -0.15) is 5.10 Å². The van der Waals surface area contributed by atoms with E-state index in [0.717, 1.165) is 31.6 Å². The zero-order valence-electron chi connectivity index (χ0n) is 9.25. The molecule has 5 nitrogen and oxygen atoms in total. The van der Waals surface area contributed by atoms with Crippen LogP contribution in [0.4, 0.5) is 0 Å². The van der Waals surface area contributed by atoms with Gasteiger partial charge in [0.1, 0.15) is 0 Å². The van der Waals surface area contributed by atoms with E-state index in [9.17, 15) is 4.79 Å². The lowest BCUT2D eigenvalue weighted by Crippen LogP contribution is -2.45. The Morgan fingerprint density at radius 3 is 3.00 bits per heavy atom. The van der Waals surface area contributed by atoms with Crippen LogP contribution in [-0.2, 0) is 0 Å². The molecule has 1 atom stereocenters. The Balaban J connectivity index is 0.00000128. The fourth-order valence-electron chi connectivity index (χ4n) is 1.82. The highest BCUT2D eigenvalue weighted by Gasteiger charge is 2.17. The number of aromatic nitrogens is 2. The Bertz CT molecular complexity index is 346. The highest BCUT2D eigenvalue weighted by molar-refractivity contribution is 5.95. The minimum Gasteiger partial charge on any atom is -0.348 e. The Kier molecular flexibility index (Phi) is 4.76. The van der Waals surface area contributed by atoms with Crippen molar-refractivity contribution in [2.75, 3.05) is 13.1 Å². The fourth-order valence-corrected chi connectivity index (χ4v) is 1.82. The Morgan fingerprint density at radius 2 is 2.44 bits per heavy atom. The van der Waals surface area contributed by atoms with Gasteiger partial charge in [-0.1, -0.05) is 0 Å². The SMILES string of the molecule is Cc1[nH]ncc1C(=O)N[C@H]1CCCNC1.Cl. The molecular weight excluding hydrogens is 228 g/mol. The van der Waals surface area contributed by atoms with E-state index in [1.54, 1.807) is 6.20 Å². The summed E-state index contributed by atoms with van der Waals surface area (Å²) < 4.78 is 0. The van der Waals surface area contributed by atoms with E-state index in [1.807, 2.05) is 6.92 Å². The van der Waals surface area contributed by atoms with Gasteiger partial charge in [0, 0.05) is 18.3 Å². The first-order valence-electron chi connectivity index (χ1n) is 5.29. The number of piperidine rings is 1. The summed E-state index contributed by atoms with van der Waals surface area (Å²) >= 11 is 0. The van der Waals surface area contributed by atoms with Crippen LogP contribution < -0.4 is 10.6 Å². The summed E-state index contributed by atoms with van der Waals surface area (Å²) in [5.74, 6) is -0.0325. The lowest BCUT2D eigenvalue weighted by molar-refractivity contribution is 0.0930. The Labute approximate surface area is 101 Å². The van der Waals surface area contributed by atoms with Crippen molar-refractivity contribution in [3.63, 3.8) is 0 Å². The third-order valence-corrected chi connectivity index (χ3v) is 2.71. The molecule has 1 aromatic rings.